The molecule has 1 aromatic heterocycles. The normalized spacial score (nSPS) is 22.2. The minimum Gasteiger partial charge on any atom is -0.480 e. The number of carboxylic acids is 1. The Labute approximate surface area is 210 Å². The first-order valence-corrected chi connectivity index (χ1v) is 12.7. The highest BCUT2D eigenvalue weighted by Gasteiger charge is 2.58. The van der Waals surface area contributed by atoms with Gasteiger partial charge in [-0.3, -0.25) is 9.59 Å². The summed E-state index contributed by atoms with van der Waals surface area (Å²) < 4.78 is 0. The Morgan fingerprint density at radius 3 is 2.14 bits per heavy atom. The average molecular weight is 490 g/mol. The Morgan fingerprint density at radius 2 is 1.60 bits per heavy atom. The van der Waals surface area contributed by atoms with Crippen LogP contribution in [0.1, 0.15) is 65.5 Å². The number of hydrogen-bond acceptors (Lipinski definition) is 4. The van der Waals surface area contributed by atoms with Crippen molar-refractivity contribution in [2.75, 3.05) is 0 Å². The van der Waals surface area contributed by atoms with Crippen LogP contribution in [0.5, 0.6) is 0 Å². The lowest BCUT2D eigenvalue weighted by Gasteiger charge is -2.32. The molecule has 1 N–H and O–H groups in total. The zero-order valence-corrected chi connectivity index (χ0v) is 21.3. The molecule has 6 heteroatoms. The molecule has 2 heterocycles. The second kappa shape index (κ2) is 9.78. The first kappa shape index (κ1) is 24.9. The predicted molar refractivity (Wildman–Crippen MR) is 138 cm³/mol. The lowest BCUT2D eigenvalue weighted by atomic mass is 9.78. The van der Waals surface area contributed by atoms with Gasteiger partial charge in [0.25, 0.3) is 0 Å². The topological polar surface area (TPSA) is 74.7 Å². The fourth-order valence-corrected chi connectivity index (χ4v) is 5.99. The standard InChI is InChI=1S/C29H31NO4S/c1-18-12-14-20(15-13-18)27(32)24-23(21-11-8-16-35-21)26(28(33)34)30(22(31)17-29(2,3)4)25(24)19-9-6-5-7-10-19/h5-16,23-26H,17H2,1-4H3,(H,33,34). The van der Waals surface area contributed by atoms with Gasteiger partial charge in [0.15, 0.2) is 5.78 Å². The average Bonchev–Trinajstić information content (AvgIpc) is 3.44. The van der Waals surface area contributed by atoms with Crippen molar-refractivity contribution in [2.24, 2.45) is 11.3 Å². The number of likely N-dealkylation sites (tertiary alicyclic amines) is 1. The maximum atomic E-state index is 14.1. The van der Waals surface area contributed by atoms with Gasteiger partial charge in [0, 0.05) is 22.8 Å². The molecule has 1 saturated heterocycles. The summed E-state index contributed by atoms with van der Waals surface area (Å²) in [5.74, 6) is -2.88. The number of carboxylic acid groups (broad SMARTS) is 1. The van der Waals surface area contributed by atoms with Gasteiger partial charge in [0.05, 0.1) is 12.0 Å². The van der Waals surface area contributed by atoms with Crippen molar-refractivity contribution in [3.8, 4) is 0 Å². The quantitative estimate of drug-likeness (QED) is 0.424. The largest absolute Gasteiger partial charge is 0.480 e. The number of hydrogen-bond donors (Lipinski definition) is 1. The Morgan fingerprint density at radius 1 is 0.943 bits per heavy atom. The molecule has 1 aliphatic heterocycles. The van der Waals surface area contributed by atoms with Crippen LogP contribution in [0.15, 0.2) is 72.1 Å². The van der Waals surface area contributed by atoms with E-state index in [4.69, 9.17) is 0 Å². The third-order valence-electron chi connectivity index (χ3n) is 6.54. The van der Waals surface area contributed by atoms with Crippen molar-refractivity contribution in [2.45, 2.75) is 52.1 Å². The summed E-state index contributed by atoms with van der Waals surface area (Å²) in [6.45, 7) is 7.83. The molecule has 35 heavy (non-hydrogen) atoms. The number of amides is 1. The molecule has 4 unspecified atom stereocenters. The molecule has 1 amide bonds. The molecule has 0 saturated carbocycles. The molecular weight excluding hydrogens is 458 g/mol. The van der Waals surface area contributed by atoms with Crippen LogP contribution in [0.25, 0.3) is 0 Å². The monoisotopic (exact) mass is 489 g/mol. The van der Waals surface area contributed by atoms with Gasteiger partial charge in [0.1, 0.15) is 6.04 Å². The van der Waals surface area contributed by atoms with E-state index in [0.29, 0.717) is 5.56 Å². The molecule has 182 valence electrons. The summed E-state index contributed by atoms with van der Waals surface area (Å²) in [4.78, 5) is 43.0. The molecule has 4 rings (SSSR count). The van der Waals surface area contributed by atoms with Gasteiger partial charge in [-0.25, -0.2) is 4.79 Å². The van der Waals surface area contributed by atoms with Gasteiger partial charge in [-0.2, -0.15) is 0 Å². The van der Waals surface area contributed by atoms with Gasteiger partial charge < -0.3 is 10.0 Å². The molecule has 5 nitrogen and oxygen atoms in total. The number of Topliss-reactive ketones (excluding diaryl/α,β-unsaturated/α-hetero) is 1. The molecule has 0 radical (unpaired) electrons. The van der Waals surface area contributed by atoms with Gasteiger partial charge in [-0.15, -0.1) is 11.3 Å². The van der Waals surface area contributed by atoms with E-state index in [1.807, 2.05) is 87.7 Å². The van der Waals surface area contributed by atoms with Crippen molar-refractivity contribution in [3.05, 3.63) is 93.7 Å². The van der Waals surface area contributed by atoms with Gasteiger partial charge in [-0.05, 0) is 29.3 Å². The van der Waals surface area contributed by atoms with Crippen LogP contribution in [-0.2, 0) is 9.59 Å². The molecule has 1 aliphatic rings. The smallest absolute Gasteiger partial charge is 0.327 e. The fraction of sp³-hybridized carbons (Fsp3) is 0.345. The van der Waals surface area contributed by atoms with Crippen molar-refractivity contribution in [1.29, 1.82) is 0 Å². The molecular formula is C29H31NO4S. The first-order valence-electron chi connectivity index (χ1n) is 11.8. The first-order chi connectivity index (χ1) is 16.6. The van der Waals surface area contributed by atoms with Crippen LogP contribution in [0, 0.1) is 18.3 Å². The van der Waals surface area contributed by atoms with Crippen LogP contribution in [0.3, 0.4) is 0 Å². The van der Waals surface area contributed by atoms with E-state index in [-0.39, 0.29) is 23.5 Å². The number of carbonyl (C=O) groups excluding carboxylic acids is 2. The molecule has 0 bridgehead atoms. The van der Waals surface area contributed by atoms with Crippen molar-refractivity contribution >= 4 is 29.0 Å². The third kappa shape index (κ3) is 5.08. The van der Waals surface area contributed by atoms with E-state index in [1.54, 1.807) is 12.1 Å². The number of benzene rings is 2. The van der Waals surface area contributed by atoms with Crippen LogP contribution in [-0.4, -0.2) is 33.7 Å². The summed E-state index contributed by atoms with van der Waals surface area (Å²) in [6.07, 6.45) is 0.183. The van der Waals surface area contributed by atoms with Crippen LogP contribution in [0.2, 0.25) is 0 Å². The van der Waals surface area contributed by atoms with E-state index < -0.39 is 29.9 Å². The minimum absolute atomic E-state index is 0.144. The van der Waals surface area contributed by atoms with Crippen LogP contribution in [0.4, 0.5) is 0 Å². The maximum Gasteiger partial charge on any atom is 0.327 e. The highest BCUT2D eigenvalue weighted by molar-refractivity contribution is 7.10. The molecule has 1 fully saturated rings. The van der Waals surface area contributed by atoms with Crippen LogP contribution < -0.4 is 0 Å². The Bertz CT molecular complexity index is 1200. The molecule has 2 aromatic carbocycles. The Kier molecular flexibility index (Phi) is 6.95. The summed E-state index contributed by atoms with van der Waals surface area (Å²) in [5, 5.41) is 12.4. The summed E-state index contributed by atoms with van der Waals surface area (Å²) in [5.41, 5.74) is 1.99. The maximum absolute atomic E-state index is 14.1. The Hall–Kier alpha value is -3.25. The molecule has 3 aromatic rings. The van der Waals surface area contributed by atoms with E-state index in [9.17, 15) is 19.5 Å². The fourth-order valence-electron chi connectivity index (χ4n) is 5.09. The van der Waals surface area contributed by atoms with E-state index in [0.717, 1.165) is 16.0 Å². The van der Waals surface area contributed by atoms with E-state index >= 15 is 0 Å². The zero-order chi connectivity index (χ0) is 25.3. The number of carbonyl (C=O) groups is 3. The van der Waals surface area contributed by atoms with E-state index in [2.05, 4.69) is 0 Å². The molecule has 4 atom stereocenters. The minimum atomic E-state index is -1.15. The zero-order valence-electron chi connectivity index (χ0n) is 20.5. The predicted octanol–water partition coefficient (Wildman–Crippen LogP) is 6.11. The number of aliphatic carboxylic acids is 1. The number of rotatable bonds is 6. The number of thiophene rings is 1. The molecule has 0 spiro atoms. The van der Waals surface area contributed by atoms with Gasteiger partial charge >= 0.3 is 5.97 Å². The van der Waals surface area contributed by atoms with Gasteiger partial charge in [0.2, 0.25) is 5.91 Å². The highest BCUT2D eigenvalue weighted by atomic mass is 32.1. The van der Waals surface area contributed by atoms with Crippen molar-refractivity contribution in [1.82, 2.24) is 4.90 Å². The molecule has 0 aliphatic carbocycles. The lowest BCUT2D eigenvalue weighted by Crippen LogP contribution is -2.44. The van der Waals surface area contributed by atoms with Gasteiger partial charge in [-0.1, -0.05) is 87.0 Å². The summed E-state index contributed by atoms with van der Waals surface area (Å²) in [6, 6.07) is 18.6. The summed E-state index contributed by atoms with van der Waals surface area (Å²) in [7, 11) is 0. The van der Waals surface area contributed by atoms with Crippen molar-refractivity contribution < 1.29 is 19.5 Å². The number of aryl methyl sites for hydroxylation is 1. The van der Waals surface area contributed by atoms with Crippen LogP contribution >= 0.6 is 11.3 Å². The lowest BCUT2D eigenvalue weighted by molar-refractivity contribution is -0.151. The number of nitrogens with zero attached hydrogens (tertiary/aromatic N) is 1. The summed E-state index contributed by atoms with van der Waals surface area (Å²) >= 11 is 1.43. The SMILES string of the molecule is Cc1ccc(C(=O)C2C(c3cccs3)C(C(=O)O)N(C(=O)CC(C)(C)C)C2c2ccccc2)cc1. The highest BCUT2D eigenvalue weighted by Crippen LogP contribution is 2.52. The second-order valence-corrected chi connectivity index (χ2v) is 11.5. The number of ketones is 1. The van der Waals surface area contributed by atoms with Crippen molar-refractivity contribution in [3.63, 3.8) is 0 Å². The second-order valence-electron chi connectivity index (χ2n) is 10.5. The third-order valence-corrected chi connectivity index (χ3v) is 7.51. The van der Waals surface area contributed by atoms with E-state index in [1.165, 1.54) is 16.2 Å². The Balaban J connectivity index is 1.94.